The maximum Gasteiger partial charge on any atom is 0.255 e. The van der Waals surface area contributed by atoms with Crippen LogP contribution in [0, 0.1) is 0 Å². The largest absolute Gasteiger partial charge is 0.497 e. The molecular weight excluding hydrogens is 274 g/mol. The van der Waals surface area contributed by atoms with E-state index in [0.29, 0.717) is 11.3 Å². The van der Waals surface area contributed by atoms with Gasteiger partial charge in [0.2, 0.25) is 0 Å². The highest BCUT2D eigenvalue weighted by Crippen LogP contribution is 2.39. The summed E-state index contributed by atoms with van der Waals surface area (Å²) in [5.74, 6) is 2.44. The molecule has 1 aliphatic heterocycles. The zero-order valence-corrected chi connectivity index (χ0v) is 11.9. The summed E-state index contributed by atoms with van der Waals surface area (Å²) in [5.41, 5.74) is 0.642. The molecule has 1 atom stereocenters. The van der Waals surface area contributed by atoms with E-state index in [-0.39, 0.29) is 11.3 Å². The number of ether oxygens (including phenoxy) is 1. The minimum Gasteiger partial charge on any atom is -0.497 e. The quantitative estimate of drug-likeness (QED) is 0.870. The third kappa shape index (κ3) is 2.41. The summed E-state index contributed by atoms with van der Waals surface area (Å²) in [6.07, 6.45) is 1.64. The molecule has 0 unspecified atom stereocenters. The zero-order valence-electron chi connectivity index (χ0n) is 11.1. The number of benzene rings is 1. The van der Waals surface area contributed by atoms with Crippen LogP contribution in [0.5, 0.6) is 5.75 Å². The van der Waals surface area contributed by atoms with Gasteiger partial charge in [-0.25, -0.2) is 0 Å². The Balaban J connectivity index is 1.85. The fourth-order valence-electron chi connectivity index (χ4n) is 2.27. The van der Waals surface area contributed by atoms with Gasteiger partial charge in [0.25, 0.3) is 5.91 Å². The molecule has 104 valence electrons. The summed E-state index contributed by atoms with van der Waals surface area (Å²) in [6.45, 7) is 0.728. The Morgan fingerprint density at radius 3 is 3.05 bits per heavy atom. The van der Waals surface area contributed by atoms with Crippen LogP contribution < -0.4 is 4.74 Å². The molecule has 4 nitrogen and oxygen atoms in total. The van der Waals surface area contributed by atoms with Crippen LogP contribution in [-0.4, -0.2) is 30.2 Å². The van der Waals surface area contributed by atoms with Crippen LogP contribution in [0.25, 0.3) is 0 Å². The first-order valence-corrected chi connectivity index (χ1v) is 7.44. The van der Waals surface area contributed by atoms with Crippen molar-refractivity contribution in [3.63, 3.8) is 0 Å². The van der Waals surface area contributed by atoms with Gasteiger partial charge in [0.15, 0.2) is 0 Å². The molecule has 1 aliphatic rings. The molecule has 0 spiro atoms. The number of furan rings is 1. The highest BCUT2D eigenvalue weighted by Gasteiger charge is 2.33. The van der Waals surface area contributed by atoms with Crippen LogP contribution in [0.2, 0.25) is 0 Å². The van der Waals surface area contributed by atoms with E-state index in [1.807, 2.05) is 35.2 Å². The minimum absolute atomic E-state index is 0.00954. The molecule has 2 heterocycles. The second-order valence-electron chi connectivity index (χ2n) is 4.47. The van der Waals surface area contributed by atoms with E-state index in [0.717, 1.165) is 18.1 Å². The first-order valence-electron chi connectivity index (χ1n) is 6.39. The molecule has 1 aromatic heterocycles. The predicted molar refractivity (Wildman–Crippen MR) is 77.9 cm³/mol. The molecule has 3 rings (SSSR count). The van der Waals surface area contributed by atoms with E-state index < -0.39 is 0 Å². The summed E-state index contributed by atoms with van der Waals surface area (Å²) < 4.78 is 10.6. The van der Waals surface area contributed by atoms with Crippen molar-refractivity contribution in [2.24, 2.45) is 0 Å². The molecule has 1 amide bonds. The van der Waals surface area contributed by atoms with Gasteiger partial charge < -0.3 is 14.1 Å². The second-order valence-corrected chi connectivity index (χ2v) is 5.66. The van der Waals surface area contributed by atoms with Gasteiger partial charge in [-0.05, 0) is 30.3 Å². The fourth-order valence-corrected chi connectivity index (χ4v) is 3.47. The Morgan fingerprint density at radius 1 is 1.40 bits per heavy atom. The molecule has 0 N–H and O–H groups in total. The molecule has 0 radical (unpaired) electrons. The van der Waals surface area contributed by atoms with Crippen molar-refractivity contribution in [2.45, 2.75) is 5.37 Å². The molecule has 20 heavy (non-hydrogen) atoms. The van der Waals surface area contributed by atoms with Gasteiger partial charge in [0.05, 0.1) is 13.4 Å². The number of methoxy groups -OCH3 is 1. The summed E-state index contributed by atoms with van der Waals surface area (Å²) in [7, 11) is 1.60. The number of hydrogen-bond acceptors (Lipinski definition) is 4. The third-order valence-electron chi connectivity index (χ3n) is 3.26. The number of hydrogen-bond donors (Lipinski definition) is 0. The van der Waals surface area contributed by atoms with E-state index in [2.05, 4.69) is 0 Å². The van der Waals surface area contributed by atoms with Gasteiger partial charge in [-0.2, -0.15) is 0 Å². The average molecular weight is 289 g/mol. The number of thioether (sulfide) groups is 1. The van der Waals surface area contributed by atoms with Gasteiger partial charge in [-0.1, -0.05) is 6.07 Å². The monoisotopic (exact) mass is 289 g/mol. The van der Waals surface area contributed by atoms with Crippen LogP contribution in [0.1, 0.15) is 21.5 Å². The number of nitrogens with zero attached hydrogens (tertiary/aromatic N) is 1. The van der Waals surface area contributed by atoms with E-state index in [4.69, 9.17) is 9.15 Å². The standard InChI is InChI=1S/C15H15NO3S/c1-18-12-5-2-4-11(10-12)14(17)16-7-9-20-15(16)13-6-3-8-19-13/h2-6,8,10,15H,7,9H2,1H3/t15-/m1/s1. The summed E-state index contributed by atoms with van der Waals surface area (Å²) in [6, 6.07) is 11.0. The molecule has 0 bridgehead atoms. The molecule has 1 fully saturated rings. The predicted octanol–water partition coefficient (Wildman–Crippen LogP) is 3.18. The van der Waals surface area contributed by atoms with Crippen LogP contribution in [0.3, 0.4) is 0 Å². The second kappa shape index (κ2) is 5.63. The van der Waals surface area contributed by atoms with Crippen LogP contribution in [0.15, 0.2) is 47.1 Å². The lowest BCUT2D eigenvalue weighted by Gasteiger charge is -2.22. The first-order chi connectivity index (χ1) is 9.79. The van der Waals surface area contributed by atoms with Crippen molar-refractivity contribution in [1.29, 1.82) is 0 Å². The van der Waals surface area contributed by atoms with Gasteiger partial charge in [-0.15, -0.1) is 11.8 Å². The van der Waals surface area contributed by atoms with Gasteiger partial charge in [-0.3, -0.25) is 4.79 Å². The Kier molecular flexibility index (Phi) is 3.69. The minimum atomic E-state index is -0.0382. The van der Waals surface area contributed by atoms with E-state index >= 15 is 0 Å². The van der Waals surface area contributed by atoms with E-state index in [9.17, 15) is 4.79 Å². The number of amides is 1. The van der Waals surface area contributed by atoms with E-state index in [1.165, 1.54) is 0 Å². The summed E-state index contributed by atoms with van der Waals surface area (Å²) in [4.78, 5) is 14.5. The first kappa shape index (κ1) is 13.1. The Labute approximate surface area is 121 Å². The highest BCUT2D eigenvalue weighted by molar-refractivity contribution is 7.99. The maximum absolute atomic E-state index is 12.6. The van der Waals surface area contributed by atoms with Crippen molar-refractivity contribution >= 4 is 17.7 Å². The number of carbonyl (C=O) groups is 1. The molecule has 1 saturated heterocycles. The smallest absolute Gasteiger partial charge is 0.255 e. The molecule has 2 aromatic rings. The summed E-state index contributed by atoms with van der Waals surface area (Å²) in [5, 5.41) is -0.0382. The van der Waals surface area contributed by atoms with Crippen molar-refractivity contribution in [2.75, 3.05) is 19.4 Å². The Morgan fingerprint density at radius 2 is 2.30 bits per heavy atom. The van der Waals surface area contributed by atoms with Gasteiger partial charge >= 0.3 is 0 Å². The lowest BCUT2D eigenvalue weighted by atomic mass is 10.2. The molecule has 1 aromatic carbocycles. The Bertz CT molecular complexity index is 597. The topological polar surface area (TPSA) is 42.7 Å². The third-order valence-corrected chi connectivity index (χ3v) is 4.48. The van der Waals surface area contributed by atoms with Crippen LogP contribution >= 0.6 is 11.8 Å². The highest BCUT2D eigenvalue weighted by atomic mass is 32.2. The van der Waals surface area contributed by atoms with Crippen LogP contribution in [-0.2, 0) is 0 Å². The molecular formula is C15H15NO3S. The van der Waals surface area contributed by atoms with Gasteiger partial charge in [0.1, 0.15) is 16.9 Å². The normalized spacial score (nSPS) is 18.2. The SMILES string of the molecule is COc1cccc(C(=O)N2CCS[C@@H]2c2ccco2)c1. The fraction of sp³-hybridized carbons (Fsp3) is 0.267. The van der Waals surface area contributed by atoms with Crippen molar-refractivity contribution in [3.05, 3.63) is 54.0 Å². The zero-order chi connectivity index (χ0) is 13.9. The van der Waals surface area contributed by atoms with Crippen molar-refractivity contribution < 1.29 is 13.9 Å². The average Bonchev–Trinajstić information content (AvgIpc) is 3.16. The molecule has 0 aliphatic carbocycles. The Hall–Kier alpha value is -1.88. The molecule has 5 heteroatoms. The lowest BCUT2D eigenvalue weighted by molar-refractivity contribution is 0.0749. The lowest BCUT2D eigenvalue weighted by Crippen LogP contribution is -2.30. The van der Waals surface area contributed by atoms with Crippen molar-refractivity contribution in [3.8, 4) is 5.75 Å². The van der Waals surface area contributed by atoms with E-state index in [1.54, 1.807) is 31.2 Å². The molecule has 0 saturated carbocycles. The summed E-state index contributed by atoms with van der Waals surface area (Å²) >= 11 is 1.72. The van der Waals surface area contributed by atoms with Gasteiger partial charge in [0, 0.05) is 17.9 Å². The number of rotatable bonds is 3. The van der Waals surface area contributed by atoms with Crippen molar-refractivity contribution in [1.82, 2.24) is 4.90 Å². The maximum atomic E-state index is 12.6. The number of carbonyl (C=O) groups excluding carboxylic acids is 1. The van der Waals surface area contributed by atoms with Crippen LogP contribution in [0.4, 0.5) is 0 Å².